The molecule has 0 aromatic heterocycles. The van der Waals surface area contributed by atoms with E-state index in [4.69, 9.17) is 17.3 Å². The van der Waals surface area contributed by atoms with Gasteiger partial charge in [0.2, 0.25) is 0 Å². The Morgan fingerprint density at radius 1 is 1.53 bits per heavy atom. The Balaban J connectivity index is 2.33. The summed E-state index contributed by atoms with van der Waals surface area (Å²) >= 11 is 9.48. The topological polar surface area (TPSA) is 43.1 Å². The molecule has 1 fully saturated rings. The first-order chi connectivity index (χ1) is 8.00. The van der Waals surface area contributed by atoms with E-state index in [2.05, 4.69) is 15.9 Å². The van der Waals surface area contributed by atoms with Gasteiger partial charge in [-0.15, -0.1) is 0 Å². The lowest BCUT2D eigenvalue weighted by atomic mass is 10.0. The van der Waals surface area contributed by atoms with Crippen LogP contribution in [0.15, 0.2) is 22.7 Å². The van der Waals surface area contributed by atoms with E-state index >= 15 is 0 Å². The number of carbonyl (C=O) groups excluding carboxylic acids is 1. The van der Waals surface area contributed by atoms with Gasteiger partial charge in [0.15, 0.2) is 5.78 Å². The number of ketones is 1. The highest BCUT2D eigenvalue weighted by molar-refractivity contribution is 9.10. The molecule has 0 amide bonds. The fourth-order valence-corrected chi connectivity index (χ4v) is 2.28. The molecule has 2 N–H and O–H groups in total. The van der Waals surface area contributed by atoms with Gasteiger partial charge in [-0.1, -0.05) is 17.7 Å². The molecule has 0 aliphatic heterocycles. The molecule has 0 spiro atoms. The van der Waals surface area contributed by atoms with Crippen molar-refractivity contribution in [3.05, 3.63) is 38.8 Å². The number of benzene rings is 1. The van der Waals surface area contributed by atoms with E-state index in [0.29, 0.717) is 10.7 Å². The highest BCUT2D eigenvalue weighted by Gasteiger charge is 2.28. The number of rotatable bonds is 3. The van der Waals surface area contributed by atoms with Crippen molar-refractivity contribution in [2.45, 2.75) is 19.8 Å². The minimum Gasteiger partial charge on any atom is -0.398 e. The van der Waals surface area contributed by atoms with Crippen LogP contribution in [0, 0.1) is 12.8 Å². The standard InChI is InChI=1S/C13H13BrClNO/c1-7-9(4-5-10(14)13(7)15)11(16)6-12(17)8-2-3-8/h4-6,8H,2-3,16H2,1H3. The number of hydrogen-bond donors (Lipinski definition) is 1. The van der Waals surface area contributed by atoms with Crippen molar-refractivity contribution in [2.24, 2.45) is 11.7 Å². The van der Waals surface area contributed by atoms with Gasteiger partial charge in [0.1, 0.15) is 0 Å². The smallest absolute Gasteiger partial charge is 0.160 e. The van der Waals surface area contributed by atoms with Crippen LogP contribution in [-0.2, 0) is 4.79 Å². The lowest BCUT2D eigenvalue weighted by Crippen LogP contribution is -2.04. The minimum atomic E-state index is 0.126. The molecule has 0 heterocycles. The summed E-state index contributed by atoms with van der Waals surface area (Å²) < 4.78 is 0.835. The third kappa shape index (κ3) is 2.72. The molecule has 4 heteroatoms. The average Bonchev–Trinajstić information content (AvgIpc) is 3.09. The Hall–Kier alpha value is -0.800. The predicted octanol–water partition coefficient (Wildman–Crippen LogP) is 3.69. The first kappa shape index (κ1) is 12.7. The number of halogens is 2. The average molecular weight is 315 g/mol. The maximum Gasteiger partial charge on any atom is 0.160 e. The summed E-state index contributed by atoms with van der Waals surface area (Å²) in [5.74, 6) is 0.320. The molecular formula is C13H13BrClNO. The zero-order valence-corrected chi connectivity index (χ0v) is 11.8. The van der Waals surface area contributed by atoms with E-state index in [0.717, 1.165) is 28.4 Å². The molecule has 0 unspecified atom stereocenters. The van der Waals surface area contributed by atoms with E-state index in [-0.39, 0.29) is 11.7 Å². The van der Waals surface area contributed by atoms with Crippen LogP contribution in [0.3, 0.4) is 0 Å². The second kappa shape index (κ2) is 4.83. The Morgan fingerprint density at radius 3 is 2.76 bits per heavy atom. The number of hydrogen-bond acceptors (Lipinski definition) is 2. The molecule has 2 nitrogen and oxygen atoms in total. The SMILES string of the molecule is Cc1c(C(N)=CC(=O)C2CC2)ccc(Br)c1Cl. The summed E-state index contributed by atoms with van der Waals surface area (Å²) in [6.07, 6.45) is 3.51. The van der Waals surface area contributed by atoms with Gasteiger partial charge in [-0.25, -0.2) is 0 Å². The van der Waals surface area contributed by atoms with Gasteiger partial charge in [-0.05, 0) is 47.3 Å². The highest BCUT2D eigenvalue weighted by atomic mass is 79.9. The first-order valence-corrected chi connectivity index (χ1v) is 6.63. The van der Waals surface area contributed by atoms with Crippen LogP contribution in [0.2, 0.25) is 5.02 Å². The Morgan fingerprint density at radius 2 is 2.18 bits per heavy atom. The van der Waals surface area contributed by atoms with Gasteiger partial charge in [-0.3, -0.25) is 4.79 Å². The molecule has 1 aromatic carbocycles. The van der Waals surface area contributed by atoms with Crippen molar-refractivity contribution >= 4 is 39.0 Å². The largest absolute Gasteiger partial charge is 0.398 e. The number of allylic oxidation sites excluding steroid dienone is 1. The van der Waals surface area contributed by atoms with Crippen molar-refractivity contribution in [1.82, 2.24) is 0 Å². The van der Waals surface area contributed by atoms with Crippen molar-refractivity contribution in [2.75, 3.05) is 0 Å². The van der Waals surface area contributed by atoms with Crippen LogP contribution in [0.25, 0.3) is 5.70 Å². The Bertz CT molecular complexity index is 506. The van der Waals surface area contributed by atoms with Crippen LogP contribution >= 0.6 is 27.5 Å². The van der Waals surface area contributed by atoms with E-state index in [1.807, 2.05) is 19.1 Å². The molecule has 1 saturated carbocycles. The Labute approximate surface area is 114 Å². The van der Waals surface area contributed by atoms with Crippen molar-refractivity contribution in [3.8, 4) is 0 Å². The van der Waals surface area contributed by atoms with Crippen molar-refractivity contribution < 1.29 is 4.79 Å². The summed E-state index contributed by atoms with van der Waals surface area (Å²) in [6.45, 7) is 1.89. The summed E-state index contributed by atoms with van der Waals surface area (Å²) in [5, 5.41) is 0.637. The van der Waals surface area contributed by atoms with Crippen LogP contribution in [0.4, 0.5) is 0 Å². The molecular weight excluding hydrogens is 302 g/mol. The highest BCUT2D eigenvalue weighted by Crippen LogP contribution is 2.33. The van der Waals surface area contributed by atoms with Crippen LogP contribution in [0.5, 0.6) is 0 Å². The third-order valence-corrected chi connectivity index (χ3v) is 4.30. The summed E-state index contributed by atoms with van der Waals surface area (Å²) in [5.41, 5.74) is 8.16. The minimum absolute atomic E-state index is 0.126. The summed E-state index contributed by atoms with van der Waals surface area (Å²) in [6, 6.07) is 3.71. The van der Waals surface area contributed by atoms with Gasteiger partial charge in [0.05, 0.1) is 5.02 Å². The predicted molar refractivity (Wildman–Crippen MR) is 73.8 cm³/mol. The zero-order chi connectivity index (χ0) is 12.6. The quantitative estimate of drug-likeness (QED) is 0.865. The van der Waals surface area contributed by atoms with Crippen LogP contribution < -0.4 is 5.73 Å². The number of nitrogens with two attached hydrogens (primary N) is 1. The van der Waals surface area contributed by atoms with Crippen molar-refractivity contribution in [1.29, 1.82) is 0 Å². The van der Waals surface area contributed by atoms with Gasteiger partial charge < -0.3 is 5.73 Å². The maximum absolute atomic E-state index is 11.7. The molecule has 0 bridgehead atoms. The van der Waals surface area contributed by atoms with E-state index in [9.17, 15) is 4.79 Å². The fraction of sp³-hybridized carbons (Fsp3) is 0.308. The van der Waals surface area contributed by atoms with E-state index in [1.165, 1.54) is 6.08 Å². The van der Waals surface area contributed by atoms with Gasteiger partial charge in [-0.2, -0.15) is 0 Å². The van der Waals surface area contributed by atoms with Gasteiger partial charge in [0.25, 0.3) is 0 Å². The maximum atomic E-state index is 11.7. The molecule has 2 rings (SSSR count). The molecule has 1 aromatic rings. The van der Waals surface area contributed by atoms with Gasteiger partial charge >= 0.3 is 0 Å². The molecule has 1 aliphatic carbocycles. The molecule has 0 radical (unpaired) electrons. The molecule has 0 atom stereocenters. The number of carbonyl (C=O) groups is 1. The third-order valence-electron chi connectivity index (χ3n) is 2.93. The first-order valence-electron chi connectivity index (χ1n) is 5.46. The van der Waals surface area contributed by atoms with Gasteiger partial charge in [0, 0.05) is 27.7 Å². The van der Waals surface area contributed by atoms with E-state index < -0.39 is 0 Å². The molecule has 0 saturated heterocycles. The summed E-state index contributed by atoms with van der Waals surface area (Å²) in [7, 11) is 0. The van der Waals surface area contributed by atoms with Crippen LogP contribution in [-0.4, -0.2) is 5.78 Å². The lowest BCUT2D eigenvalue weighted by molar-refractivity contribution is -0.115. The normalized spacial score (nSPS) is 16.1. The second-order valence-corrected chi connectivity index (χ2v) is 5.54. The molecule has 1 aliphatic rings. The lowest BCUT2D eigenvalue weighted by Gasteiger charge is -2.09. The van der Waals surface area contributed by atoms with E-state index in [1.54, 1.807) is 0 Å². The van der Waals surface area contributed by atoms with Crippen molar-refractivity contribution in [3.63, 3.8) is 0 Å². The second-order valence-electron chi connectivity index (χ2n) is 4.31. The Kier molecular flexibility index (Phi) is 3.59. The fourth-order valence-electron chi connectivity index (χ4n) is 1.68. The van der Waals surface area contributed by atoms with Crippen LogP contribution in [0.1, 0.15) is 24.0 Å². The summed E-state index contributed by atoms with van der Waals surface area (Å²) in [4.78, 5) is 11.7. The monoisotopic (exact) mass is 313 g/mol. The molecule has 17 heavy (non-hydrogen) atoms. The zero-order valence-electron chi connectivity index (χ0n) is 9.47. The molecule has 90 valence electrons.